The van der Waals surface area contributed by atoms with E-state index < -0.39 is 29.0 Å². The van der Waals surface area contributed by atoms with Crippen LogP contribution in [0.25, 0.3) is 0 Å². The number of hydrogen-bond donors (Lipinski definition) is 1. The van der Waals surface area contributed by atoms with E-state index in [1.54, 1.807) is 0 Å². The van der Waals surface area contributed by atoms with Crippen LogP contribution in [0, 0.1) is 17.5 Å². The largest absolute Gasteiger partial charge is 0.478 e. The highest BCUT2D eigenvalue weighted by atomic mass is 19.2. The lowest BCUT2D eigenvalue weighted by Gasteiger charge is -2.06. The lowest BCUT2D eigenvalue weighted by atomic mass is 10.1. The number of benzene rings is 1. The van der Waals surface area contributed by atoms with Crippen LogP contribution in [0.4, 0.5) is 13.2 Å². The molecule has 2 rings (SSSR count). The van der Waals surface area contributed by atoms with Crippen LogP contribution in [0.1, 0.15) is 34.7 Å². The summed E-state index contributed by atoms with van der Waals surface area (Å²) in [6, 6.07) is 0.536. The Morgan fingerprint density at radius 2 is 1.87 bits per heavy atom. The Balaban J connectivity index is 2.61. The number of carbonyl (C=O) groups is 1. The van der Waals surface area contributed by atoms with Crippen molar-refractivity contribution < 1.29 is 23.1 Å². The summed E-state index contributed by atoms with van der Waals surface area (Å²) in [5.74, 6) is -5.80. The quantitative estimate of drug-likeness (QED) is 0.771. The molecule has 0 atom stereocenters. The Morgan fingerprint density at radius 3 is 2.33 bits per heavy atom. The molecule has 15 heavy (non-hydrogen) atoms. The molecule has 1 N–H and O–H groups in total. The molecule has 0 aromatic heterocycles. The Kier molecular flexibility index (Phi) is 2.17. The minimum Gasteiger partial charge on any atom is -0.478 e. The predicted molar refractivity (Wildman–Crippen MR) is 45.3 cm³/mol. The molecule has 0 radical (unpaired) electrons. The van der Waals surface area contributed by atoms with Gasteiger partial charge in [-0.2, -0.15) is 0 Å². The first-order valence-corrected chi connectivity index (χ1v) is 4.43. The molecule has 0 unspecified atom stereocenters. The molecule has 1 aliphatic rings. The average molecular weight is 216 g/mol. The van der Waals surface area contributed by atoms with Crippen LogP contribution in [0.5, 0.6) is 0 Å². The Bertz CT molecular complexity index is 439. The minimum absolute atomic E-state index is 0.303. The zero-order valence-electron chi connectivity index (χ0n) is 7.56. The molecular formula is C10H7F3O2. The molecule has 0 saturated heterocycles. The normalized spacial score (nSPS) is 15.4. The van der Waals surface area contributed by atoms with Crippen molar-refractivity contribution in [3.8, 4) is 0 Å². The van der Waals surface area contributed by atoms with Crippen molar-refractivity contribution in [3.63, 3.8) is 0 Å². The highest BCUT2D eigenvalue weighted by Crippen LogP contribution is 2.43. The summed E-state index contributed by atoms with van der Waals surface area (Å²) in [6.45, 7) is 0. The number of aromatic carboxylic acids is 1. The fourth-order valence-corrected chi connectivity index (χ4v) is 1.51. The van der Waals surface area contributed by atoms with Gasteiger partial charge in [-0.05, 0) is 24.8 Å². The highest BCUT2D eigenvalue weighted by molar-refractivity contribution is 5.88. The zero-order chi connectivity index (χ0) is 11.2. The Hall–Kier alpha value is -1.52. The van der Waals surface area contributed by atoms with E-state index in [0.717, 1.165) is 0 Å². The van der Waals surface area contributed by atoms with Crippen LogP contribution in [-0.4, -0.2) is 11.1 Å². The van der Waals surface area contributed by atoms with Gasteiger partial charge in [0.2, 0.25) is 0 Å². The molecule has 1 saturated carbocycles. The molecule has 0 heterocycles. The van der Waals surface area contributed by atoms with Gasteiger partial charge in [-0.15, -0.1) is 0 Å². The van der Waals surface area contributed by atoms with Gasteiger partial charge in [0.25, 0.3) is 0 Å². The number of rotatable bonds is 2. The van der Waals surface area contributed by atoms with Crippen LogP contribution >= 0.6 is 0 Å². The van der Waals surface area contributed by atoms with Gasteiger partial charge in [-0.3, -0.25) is 0 Å². The van der Waals surface area contributed by atoms with Gasteiger partial charge in [-0.1, -0.05) is 0 Å². The minimum atomic E-state index is -1.67. The molecule has 1 fully saturated rings. The first-order valence-electron chi connectivity index (χ1n) is 4.43. The monoisotopic (exact) mass is 216 g/mol. The summed E-state index contributed by atoms with van der Waals surface area (Å²) in [7, 11) is 0. The molecule has 2 nitrogen and oxygen atoms in total. The fraction of sp³-hybridized carbons (Fsp3) is 0.300. The molecule has 0 bridgehead atoms. The van der Waals surface area contributed by atoms with E-state index >= 15 is 0 Å². The maximum absolute atomic E-state index is 13.3. The van der Waals surface area contributed by atoms with E-state index in [4.69, 9.17) is 5.11 Å². The summed E-state index contributed by atoms with van der Waals surface area (Å²) in [5.41, 5.74) is -1.29. The van der Waals surface area contributed by atoms with Gasteiger partial charge in [0.15, 0.2) is 11.6 Å². The molecule has 80 valence electrons. The van der Waals surface area contributed by atoms with Crippen molar-refractivity contribution in [1.82, 2.24) is 0 Å². The average Bonchev–Trinajstić information content (AvgIpc) is 2.95. The van der Waals surface area contributed by atoms with Crippen molar-refractivity contribution in [2.45, 2.75) is 18.8 Å². The van der Waals surface area contributed by atoms with E-state index in [2.05, 4.69) is 0 Å². The summed E-state index contributed by atoms with van der Waals surface area (Å²) < 4.78 is 39.7. The molecule has 1 aliphatic carbocycles. The maximum atomic E-state index is 13.3. The summed E-state index contributed by atoms with van der Waals surface area (Å²) in [4.78, 5) is 10.4. The second-order valence-corrected chi connectivity index (χ2v) is 3.53. The Morgan fingerprint density at radius 1 is 1.27 bits per heavy atom. The second-order valence-electron chi connectivity index (χ2n) is 3.53. The molecule has 5 heteroatoms. The summed E-state index contributed by atoms with van der Waals surface area (Å²) >= 11 is 0. The van der Waals surface area contributed by atoms with Crippen LogP contribution in [0.2, 0.25) is 0 Å². The first-order chi connectivity index (χ1) is 7.02. The summed E-state index contributed by atoms with van der Waals surface area (Å²) in [6.07, 6.45) is 1.22. The molecular weight excluding hydrogens is 209 g/mol. The predicted octanol–water partition coefficient (Wildman–Crippen LogP) is 2.68. The fourth-order valence-electron chi connectivity index (χ4n) is 1.51. The lowest BCUT2D eigenvalue weighted by Crippen LogP contribution is -2.07. The van der Waals surface area contributed by atoms with Gasteiger partial charge < -0.3 is 5.11 Å². The van der Waals surface area contributed by atoms with Crippen LogP contribution in [0.15, 0.2) is 6.07 Å². The second kappa shape index (κ2) is 3.25. The van der Waals surface area contributed by atoms with Gasteiger partial charge in [0.05, 0.1) is 0 Å². The van der Waals surface area contributed by atoms with Gasteiger partial charge >= 0.3 is 5.97 Å². The maximum Gasteiger partial charge on any atom is 0.338 e. The van der Waals surface area contributed by atoms with Crippen LogP contribution in [-0.2, 0) is 0 Å². The van der Waals surface area contributed by atoms with E-state index in [1.807, 2.05) is 0 Å². The molecule has 1 aromatic rings. The molecule has 0 aliphatic heterocycles. The third-order valence-corrected chi connectivity index (χ3v) is 2.41. The number of carboxylic acids is 1. The number of halogens is 3. The smallest absolute Gasteiger partial charge is 0.338 e. The van der Waals surface area contributed by atoms with E-state index in [-0.39, 0.29) is 11.5 Å². The van der Waals surface area contributed by atoms with Crippen LogP contribution < -0.4 is 0 Å². The zero-order valence-corrected chi connectivity index (χ0v) is 7.56. The van der Waals surface area contributed by atoms with Gasteiger partial charge in [0.1, 0.15) is 11.4 Å². The van der Waals surface area contributed by atoms with Crippen molar-refractivity contribution in [2.24, 2.45) is 0 Å². The summed E-state index contributed by atoms with van der Waals surface area (Å²) in [5, 5.41) is 8.49. The SMILES string of the molecule is O=C(O)c1cc(F)c(C2CC2)c(F)c1F. The topological polar surface area (TPSA) is 37.3 Å². The van der Waals surface area contributed by atoms with Crippen LogP contribution in [0.3, 0.4) is 0 Å². The number of carboxylic acid groups (broad SMARTS) is 1. The van der Waals surface area contributed by atoms with Gasteiger partial charge in [-0.25, -0.2) is 18.0 Å². The first kappa shape index (κ1) is 10.0. The van der Waals surface area contributed by atoms with Crippen molar-refractivity contribution >= 4 is 5.97 Å². The highest BCUT2D eigenvalue weighted by Gasteiger charge is 2.33. The van der Waals surface area contributed by atoms with Crippen molar-refractivity contribution in [2.75, 3.05) is 0 Å². The van der Waals surface area contributed by atoms with E-state index in [1.165, 1.54) is 0 Å². The van der Waals surface area contributed by atoms with E-state index in [0.29, 0.717) is 18.9 Å². The number of hydrogen-bond acceptors (Lipinski definition) is 1. The standard InChI is InChI=1S/C10H7F3O2/c11-6-3-5(10(14)15)8(12)9(13)7(6)4-1-2-4/h3-4H,1-2H2,(H,14,15). The Labute approximate surface area is 83.3 Å². The molecule has 0 spiro atoms. The lowest BCUT2D eigenvalue weighted by molar-refractivity contribution is 0.0690. The van der Waals surface area contributed by atoms with Crippen molar-refractivity contribution in [3.05, 3.63) is 34.6 Å². The molecule has 0 amide bonds. The third kappa shape index (κ3) is 1.58. The van der Waals surface area contributed by atoms with E-state index in [9.17, 15) is 18.0 Å². The third-order valence-electron chi connectivity index (χ3n) is 2.41. The van der Waals surface area contributed by atoms with Gasteiger partial charge in [0, 0.05) is 5.56 Å². The van der Waals surface area contributed by atoms with Crippen molar-refractivity contribution in [1.29, 1.82) is 0 Å². The molecule has 1 aromatic carbocycles.